The molecule has 0 bridgehead atoms. The van der Waals surface area contributed by atoms with Crippen molar-refractivity contribution in [2.45, 2.75) is 66.3 Å². The predicted octanol–water partition coefficient (Wildman–Crippen LogP) is 2.49. The second kappa shape index (κ2) is 14.3. The first-order valence-corrected chi connectivity index (χ1v) is 13.8. The number of hydrogen-bond donors (Lipinski definition) is 4. The van der Waals surface area contributed by atoms with Crippen molar-refractivity contribution in [3.8, 4) is 0 Å². The first-order valence-electron chi connectivity index (χ1n) is 13.2. The molecule has 0 radical (unpaired) electrons. The number of hydrogen-bond acceptors (Lipinski definition) is 6. The van der Waals surface area contributed by atoms with Crippen LogP contribution < -0.4 is 26.9 Å². The molecule has 1 aliphatic heterocycles. The number of H-pyrrole nitrogens is 1. The lowest BCUT2D eigenvalue weighted by Gasteiger charge is -2.37. The number of nitrogens with one attached hydrogen (secondary N) is 1. The van der Waals surface area contributed by atoms with Crippen molar-refractivity contribution in [3.63, 3.8) is 0 Å². The van der Waals surface area contributed by atoms with Crippen molar-refractivity contribution in [1.82, 2.24) is 14.9 Å². The average molecular weight is 515 g/mol. The molecule has 0 aliphatic carbocycles. The zero-order valence-electron chi connectivity index (χ0n) is 22.8. The molecule has 1 amide bonds. The smallest absolute Gasteiger partial charge is 0.240 e. The predicted molar refractivity (Wildman–Crippen MR) is 155 cm³/mol. The monoisotopic (exact) mass is 514 g/mol. The average Bonchev–Trinajstić information content (AvgIpc) is 3.31. The maximum atomic E-state index is 12.3. The Bertz CT molecular complexity index is 1180. The molecule has 1 fully saturated rings. The number of unbranched alkanes of at least 4 members (excludes halogenated alkanes) is 1. The Balaban J connectivity index is 0.000000830. The van der Waals surface area contributed by atoms with Crippen LogP contribution in [0.2, 0.25) is 0 Å². The third-order valence-electron chi connectivity index (χ3n) is 6.55. The summed E-state index contributed by atoms with van der Waals surface area (Å²) < 4.78 is 0. The molecule has 7 nitrogen and oxygen atoms in total. The molecule has 0 saturated carbocycles. The van der Waals surface area contributed by atoms with Crippen LogP contribution in [0.15, 0.2) is 18.2 Å². The molecule has 200 valence electrons. The van der Waals surface area contributed by atoms with E-state index < -0.39 is 6.04 Å². The Kier molecular flexibility index (Phi) is 11.9. The number of carbonyl (C=O) groups excluding carboxylic acids is 1. The minimum Gasteiger partial charge on any atom is -0.401 e. The minimum atomic E-state index is -0.539. The third kappa shape index (κ3) is 8.03. The summed E-state index contributed by atoms with van der Waals surface area (Å²) in [7, 11) is 0. The molecular weight excluding hydrogens is 468 g/mol. The number of rotatable bonds is 7. The number of nitrogens with two attached hydrogens (primary N) is 2. The van der Waals surface area contributed by atoms with Crippen molar-refractivity contribution in [1.29, 1.82) is 0 Å². The summed E-state index contributed by atoms with van der Waals surface area (Å²) >= 11 is 4.14. The Morgan fingerprint density at radius 2 is 1.86 bits per heavy atom. The van der Waals surface area contributed by atoms with E-state index in [1.54, 1.807) is 0 Å². The van der Waals surface area contributed by atoms with Gasteiger partial charge in [-0.3, -0.25) is 4.79 Å². The van der Waals surface area contributed by atoms with Crippen LogP contribution in [0, 0.1) is 16.5 Å². The molecule has 1 aromatic heterocycles. The molecule has 1 unspecified atom stereocenters. The fourth-order valence-electron chi connectivity index (χ4n) is 3.84. The van der Waals surface area contributed by atoms with Crippen LogP contribution >= 0.6 is 12.6 Å². The Hall–Kier alpha value is -2.45. The van der Waals surface area contributed by atoms with Crippen LogP contribution in [0.5, 0.6) is 0 Å². The van der Waals surface area contributed by atoms with Gasteiger partial charge >= 0.3 is 0 Å². The van der Waals surface area contributed by atoms with Gasteiger partial charge in [0, 0.05) is 55.0 Å². The zero-order chi connectivity index (χ0) is 26.8. The van der Waals surface area contributed by atoms with Crippen molar-refractivity contribution in [2.75, 3.05) is 36.8 Å². The Labute approximate surface area is 221 Å². The maximum Gasteiger partial charge on any atom is 0.240 e. The molecular formula is C28H46N6OS. The maximum absolute atomic E-state index is 12.3. The van der Waals surface area contributed by atoms with Gasteiger partial charge in [-0.1, -0.05) is 53.2 Å². The number of aromatic amines is 1. The third-order valence-corrected chi connectivity index (χ3v) is 6.94. The number of aromatic nitrogens is 2. The van der Waals surface area contributed by atoms with Gasteiger partial charge in [0.15, 0.2) is 0 Å². The number of amides is 1. The summed E-state index contributed by atoms with van der Waals surface area (Å²) in [5, 5.41) is 3.61. The molecule has 1 atom stereocenters. The van der Waals surface area contributed by atoms with E-state index in [4.69, 9.17) is 16.5 Å². The summed E-state index contributed by atoms with van der Waals surface area (Å²) in [6.07, 6.45) is 4.39. The molecule has 0 spiro atoms. The van der Waals surface area contributed by atoms with E-state index in [0.717, 1.165) is 70.9 Å². The number of anilines is 1. The normalized spacial score (nSPS) is 16.4. The van der Waals surface area contributed by atoms with Gasteiger partial charge in [0.1, 0.15) is 5.82 Å². The highest BCUT2D eigenvalue weighted by atomic mass is 32.1. The van der Waals surface area contributed by atoms with Crippen LogP contribution in [0.25, 0.3) is 12.3 Å². The lowest BCUT2D eigenvalue weighted by Crippen LogP contribution is -2.53. The van der Waals surface area contributed by atoms with Gasteiger partial charge in [0.25, 0.3) is 0 Å². The SMILES string of the molecule is C=c1ccc(N2CCN(C(=O)C(N)CS)CC2)c/c1=c1\nc(CCCC)[nH]\c1=C(\C)N.CCC(C)C. The topological polar surface area (TPSA) is 104 Å². The summed E-state index contributed by atoms with van der Waals surface area (Å²) in [5.74, 6) is 2.17. The second-order valence-corrected chi connectivity index (χ2v) is 10.3. The minimum absolute atomic E-state index is 0.0295. The van der Waals surface area contributed by atoms with Crippen molar-refractivity contribution >= 4 is 36.5 Å². The number of imidazole rings is 1. The standard InChI is InChI=1S/C23H34N6OS.C5H12/c1-4-5-6-20-26-21(16(3)24)22(27-20)18-13-17(8-7-15(18)2)28-9-11-29(12-10-28)23(30)19(25)14-31;1-4-5(2)3/h7-8,13,19,31H,2,4-6,9-12,14,24-25H2,1,3H3,(H,26,27);5H,4H2,1-3H3/b21-16-,22-18+;. The summed E-state index contributed by atoms with van der Waals surface area (Å²) in [6.45, 7) is 17.7. The lowest BCUT2D eigenvalue weighted by atomic mass is 10.1. The molecule has 1 aliphatic rings. The highest BCUT2D eigenvalue weighted by Gasteiger charge is 2.24. The fraction of sp³-hybridized carbons (Fsp3) is 0.571. The van der Waals surface area contributed by atoms with E-state index in [1.807, 2.05) is 17.9 Å². The highest BCUT2D eigenvalue weighted by Crippen LogP contribution is 2.16. The fourth-order valence-corrected chi connectivity index (χ4v) is 4.00. The zero-order valence-corrected chi connectivity index (χ0v) is 23.7. The van der Waals surface area contributed by atoms with Crippen LogP contribution in [-0.2, 0) is 11.2 Å². The number of nitrogens with zero attached hydrogens (tertiary/aromatic N) is 3. The molecule has 1 saturated heterocycles. The van der Waals surface area contributed by atoms with Crippen molar-refractivity contribution in [2.24, 2.45) is 17.4 Å². The molecule has 1 aromatic carbocycles. The number of benzene rings is 1. The first-order chi connectivity index (χ1) is 17.1. The molecule has 2 heterocycles. The van der Waals surface area contributed by atoms with Gasteiger partial charge in [-0.25, -0.2) is 4.98 Å². The van der Waals surface area contributed by atoms with Gasteiger partial charge in [0.05, 0.1) is 16.7 Å². The molecule has 2 aromatic rings. The summed E-state index contributed by atoms with van der Waals surface area (Å²) in [4.78, 5) is 24.7. The van der Waals surface area contributed by atoms with E-state index in [1.165, 1.54) is 6.42 Å². The number of piperazine rings is 1. The summed E-state index contributed by atoms with van der Waals surface area (Å²) in [5.41, 5.74) is 13.8. The Morgan fingerprint density at radius 3 is 2.39 bits per heavy atom. The molecule has 36 heavy (non-hydrogen) atoms. The van der Waals surface area contributed by atoms with E-state index in [2.05, 4.69) is 68.9 Å². The number of aryl methyl sites for hydroxylation is 1. The van der Waals surface area contributed by atoms with Crippen LogP contribution in [0.4, 0.5) is 5.69 Å². The van der Waals surface area contributed by atoms with Crippen molar-refractivity contribution < 1.29 is 4.79 Å². The van der Waals surface area contributed by atoms with E-state index in [0.29, 0.717) is 24.5 Å². The van der Waals surface area contributed by atoms with E-state index in [-0.39, 0.29) is 5.91 Å². The molecule has 5 N–H and O–H groups in total. The van der Waals surface area contributed by atoms with Crippen LogP contribution in [-0.4, -0.2) is 58.7 Å². The number of thiol groups is 1. The molecule has 3 rings (SSSR count). The van der Waals surface area contributed by atoms with Gasteiger partial charge < -0.3 is 26.3 Å². The van der Waals surface area contributed by atoms with Gasteiger partial charge in [0.2, 0.25) is 5.91 Å². The van der Waals surface area contributed by atoms with Crippen molar-refractivity contribution in [3.05, 3.63) is 45.2 Å². The van der Waals surface area contributed by atoms with E-state index in [9.17, 15) is 4.79 Å². The Morgan fingerprint density at radius 1 is 1.22 bits per heavy atom. The first kappa shape index (κ1) is 29.8. The molecule has 8 heteroatoms. The van der Waals surface area contributed by atoms with Gasteiger partial charge in [-0.15, -0.1) is 0 Å². The van der Waals surface area contributed by atoms with Crippen LogP contribution in [0.3, 0.4) is 0 Å². The largest absolute Gasteiger partial charge is 0.401 e. The number of carbonyl (C=O) groups is 1. The lowest BCUT2D eigenvalue weighted by molar-refractivity contribution is -0.132. The van der Waals surface area contributed by atoms with Gasteiger partial charge in [-0.2, -0.15) is 12.6 Å². The summed E-state index contributed by atoms with van der Waals surface area (Å²) in [6, 6.07) is 5.69. The quantitative estimate of drug-likeness (QED) is 0.425. The van der Waals surface area contributed by atoms with E-state index >= 15 is 0 Å². The van der Waals surface area contributed by atoms with Crippen LogP contribution in [0.1, 0.15) is 59.7 Å². The second-order valence-electron chi connectivity index (χ2n) is 9.94. The highest BCUT2D eigenvalue weighted by molar-refractivity contribution is 7.80. The van der Waals surface area contributed by atoms with Gasteiger partial charge in [-0.05, 0) is 36.6 Å².